The maximum Gasteiger partial charge on any atom is 0.190 e. The summed E-state index contributed by atoms with van der Waals surface area (Å²) >= 11 is 0. The van der Waals surface area contributed by atoms with Crippen LogP contribution in [0.25, 0.3) is 11.3 Å². The summed E-state index contributed by atoms with van der Waals surface area (Å²) in [4.78, 5) is 0. The Morgan fingerprint density at radius 3 is 2.50 bits per heavy atom. The lowest BCUT2D eigenvalue weighted by atomic mass is 10.1. The van der Waals surface area contributed by atoms with Gasteiger partial charge in [0.15, 0.2) is 12.1 Å². The molecular weight excluding hydrogens is 382 g/mol. The van der Waals surface area contributed by atoms with Crippen molar-refractivity contribution in [1.29, 1.82) is 0 Å². The van der Waals surface area contributed by atoms with Gasteiger partial charge >= 0.3 is 0 Å². The van der Waals surface area contributed by atoms with Gasteiger partial charge in [-0.3, -0.25) is 0 Å². The molecule has 3 heterocycles. The summed E-state index contributed by atoms with van der Waals surface area (Å²) in [6.07, 6.45) is 0.646. The molecule has 5 rings (SSSR count). The van der Waals surface area contributed by atoms with Crippen LogP contribution in [0.3, 0.4) is 0 Å². The highest BCUT2D eigenvalue weighted by Gasteiger charge is 2.55. The quantitative estimate of drug-likeness (QED) is 0.624. The minimum Gasteiger partial charge on any atom is -0.368 e. The van der Waals surface area contributed by atoms with Gasteiger partial charge in [-0.2, -0.15) is 0 Å². The number of benzene rings is 2. The predicted octanol–water partition coefficient (Wildman–Crippen LogP) is 3.41. The first-order chi connectivity index (χ1) is 14.6. The van der Waals surface area contributed by atoms with Crippen molar-refractivity contribution in [2.24, 2.45) is 0 Å². The van der Waals surface area contributed by atoms with Crippen molar-refractivity contribution in [2.75, 3.05) is 0 Å². The first kappa shape index (κ1) is 19.4. The van der Waals surface area contributed by atoms with Crippen molar-refractivity contribution in [3.8, 4) is 11.3 Å². The summed E-state index contributed by atoms with van der Waals surface area (Å²) in [5.74, 6) is -0.692. The Bertz CT molecular complexity index is 976. The van der Waals surface area contributed by atoms with Crippen molar-refractivity contribution in [2.45, 2.75) is 57.4 Å². The van der Waals surface area contributed by atoms with Gasteiger partial charge in [0.1, 0.15) is 24.0 Å². The standard InChI is InChI=1S/C23H25N3O4/c1-23(2)29-21-20(27-15-16-9-5-3-6-10-16)19(28-22(21)30-23)14-26-13-18(24-25-26)17-11-7-4-8-12-17/h3-13,19-22H,14-15H2,1-2H3/t19-,20+,21-,22-/m1/s1. The van der Waals surface area contributed by atoms with E-state index in [9.17, 15) is 0 Å². The van der Waals surface area contributed by atoms with E-state index < -0.39 is 12.1 Å². The SMILES string of the molecule is CC1(C)O[C@H]2O[C@H](Cn3cc(-c4ccccc4)nn3)[C@H](OCc3ccccc3)[C@H]2O1. The Labute approximate surface area is 175 Å². The fourth-order valence-corrected chi connectivity index (χ4v) is 3.98. The lowest BCUT2D eigenvalue weighted by molar-refractivity contribution is -0.220. The van der Waals surface area contributed by atoms with Gasteiger partial charge in [0.05, 0.1) is 19.3 Å². The lowest BCUT2D eigenvalue weighted by Gasteiger charge is -2.26. The van der Waals surface area contributed by atoms with Crippen molar-refractivity contribution >= 4 is 0 Å². The van der Waals surface area contributed by atoms with Crippen LogP contribution >= 0.6 is 0 Å². The predicted molar refractivity (Wildman–Crippen MR) is 109 cm³/mol. The van der Waals surface area contributed by atoms with Gasteiger partial charge < -0.3 is 18.9 Å². The molecule has 2 aliphatic rings. The number of fused-ring (bicyclic) bond motifs is 1. The number of rotatable bonds is 6. The van der Waals surface area contributed by atoms with Gasteiger partial charge in [0, 0.05) is 5.56 Å². The Morgan fingerprint density at radius 1 is 1.00 bits per heavy atom. The number of hydrogen-bond donors (Lipinski definition) is 0. The highest BCUT2D eigenvalue weighted by atomic mass is 16.8. The maximum atomic E-state index is 6.28. The van der Waals surface area contributed by atoms with Crippen LogP contribution in [0, 0.1) is 0 Å². The fourth-order valence-electron chi connectivity index (χ4n) is 3.98. The number of aromatic nitrogens is 3. The summed E-state index contributed by atoms with van der Waals surface area (Å²) < 4.78 is 26.3. The van der Waals surface area contributed by atoms with Crippen LogP contribution in [-0.2, 0) is 32.1 Å². The Balaban J connectivity index is 1.32. The molecule has 2 saturated heterocycles. The molecule has 0 bridgehead atoms. The summed E-state index contributed by atoms with van der Waals surface area (Å²) in [6.45, 7) is 4.76. The van der Waals surface area contributed by atoms with Crippen LogP contribution in [0.5, 0.6) is 0 Å². The molecular formula is C23H25N3O4. The second-order valence-electron chi connectivity index (χ2n) is 8.10. The van der Waals surface area contributed by atoms with Crippen molar-refractivity contribution in [3.63, 3.8) is 0 Å². The molecule has 3 aromatic rings. The van der Waals surface area contributed by atoms with E-state index in [0.29, 0.717) is 13.2 Å². The third-order valence-corrected chi connectivity index (χ3v) is 5.35. The van der Waals surface area contributed by atoms with Crippen molar-refractivity contribution < 1.29 is 18.9 Å². The average Bonchev–Trinajstić information content (AvgIpc) is 3.41. The molecule has 0 radical (unpaired) electrons. The molecule has 2 aliphatic heterocycles. The van der Waals surface area contributed by atoms with Crippen LogP contribution in [0.15, 0.2) is 66.9 Å². The minimum absolute atomic E-state index is 0.259. The Morgan fingerprint density at radius 2 is 1.73 bits per heavy atom. The van der Waals surface area contributed by atoms with Crippen LogP contribution in [0.4, 0.5) is 0 Å². The van der Waals surface area contributed by atoms with Gasteiger partial charge in [-0.05, 0) is 19.4 Å². The van der Waals surface area contributed by atoms with E-state index in [4.69, 9.17) is 18.9 Å². The lowest BCUT2D eigenvalue weighted by Crippen LogP contribution is -2.38. The van der Waals surface area contributed by atoms with E-state index >= 15 is 0 Å². The van der Waals surface area contributed by atoms with Gasteiger partial charge in [-0.1, -0.05) is 65.9 Å². The number of nitrogens with zero attached hydrogens (tertiary/aromatic N) is 3. The summed E-state index contributed by atoms with van der Waals surface area (Å²) in [7, 11) is 0. The first-order valence-corrected chi connectivity index (χ1v) is 10.2. The zero-order valence-corrected chi connectivity index (χ0v) is 17.0. The second kappa shape index (κ2) is 7.92. The van der Waals surface area contributed by atoms with Crippen LogP contribution in [0.1, 0.15) is 19.4 Å². The smallest absolute Gasteiger partial charge is 0.190 e. The molecule has 7 nitrogen and oxygen atoms in total. The zero-order valence-electron chi connectivity index (χ0n) is 17.0. The molecule has 0 aliphatic carbocycles. The highest BCUT2D eigenvalue weighted by Crippen LogP contribution is 2.39. The number of hydrogen-bond acceptors (Lipinski definition) is 6. The van der Waals surface area contributed by atoms with Gasteiger partial charge in [-0.25, -0.2) is 4.68 Å². The third-order valence-electron chi connectivity index (χ3n) is 5.35. The molecule has 30 heavy (non-hydrogen) atoms. The van der Waals surface area contributed by atoms with E-state index in [2.05, 4.69) is 10.3 Å². The van der Waals surface area contributed by atoms with Crippen LogP contribution in [0.2, 0.25) is 0 Å². The average molecular weight is 407 g/mol. The molecule has 7 heteroatoms. The Kier molecular flexibility index (Phi) is 5.12. The molecule has 0 saturated carbocycles. The molecule has 1 aromatic heterocycles. The largest absolute Gasteiger partial charge is 0.368 e. The summed E-state index contributed by atoms with van der Waals surface area (Å²) in [5, 5.41) is 8.58. The highest BCUT2D eigenvalue weighted by molar-refractivity contribution is 5.57. The van der Waals surface area contributed by atoms with Gasteiger partial charge in [0.2, 0.25) is 0 Å². The fraction of sp³-hybridized carbons (Fsp3) is 0.391. The molecule has 0 spiro atoms. The maximum absolute atomic E-state index is 6.28. The van der Waals surface area contributed by atoms with E-state index in [-0.39, 0.29) is 18.3 Å². The molecule has 0 unspecified atom stereocenters. The van der Waals surface area contributed by atoms with E-state index in [1.807, 2.05) is 80.7 Å². The molecule has 4 atom stereocenters. The monoisotopic (exact) mass is 407 g/mol. The molecule has 156 valence electrons. The Hall–Kier alpha value is -2.58. The number of ether oxygens (including phenoxy) is 4. The van der Waals surface area contributed by atoms with Gasteiger partial charge in [-0.15, -0.1) is 5.10 Å². The zero-order chi connectivity index (χ0) is 20.6. The third kappa shape index (κ3) is 4.02. The molecule has 2 aromatic carbocycles. The topological polar surface area (TPSA) is 67.6 Å². The van der Waals surface area contributed by atoms with Gasteiger partial charge in [0.25, 0.3) is 0 Å². The van der Waals surface area contributed by atoms with E-state index in [1.54, 1.807) is 4.68 Å². The van der Waals surface area contributed by atoms with Crippen molar-refractivity contribution in [3.05, 3.63) is 72.4 Å². The first-order valence-electron chi connectivity index (χ1n) is 10.2. The van der Waals surface area contributed by atoms with Crippen molar-refractivity contribution in [1.82, 2.24) is 15.0 Å². The minimum atomic E-state index is -0.692. The molecule has 0 N–H and O–H groups in total. The van der Waals surface area contributed by atoms with E-state index in [1.165, 1.54) is 0 Å². The normalized spacial score (nSPS) is 27.3. The van der Waals surface area contributed by atoms with E-state index in [0.717, 1.165) is 16.8 Å². The van der Waals surface area contributed by atoms with Crippen LogP contribution < -0.4 is 0 Å². The summed E-state index contributed by atoms with van der Waals surface area (Å²) in [5.41, 5.74) is 2.95. The molecule has 0 amide bonds. The van der Waals surface area contributed by atoms with Crippen LogP contribution in [-0.4, -0.2) is 45.4 Å². The second-order valence-corrected chi connectivity index (χ2v) is 8.10. The summed E-state index contributed by atoms with van der Waals surface area (Å²) in [6, 6.07) is 20.1. The molecule has 2 fully saturated rings.